The van der Waals surface area contributed by atoms with Gasteiger partial charge in [-0.25, -0.2) is 4.98 Å². The topological polar surface area (TPSA) is 25.8 Å². The molecule has 0 saturated carbocycles. The lowest BCUT2D eigenvalue weighted by molar-refractivity contribution is 1.24. The second kappa shape index (κ2) is 3.50. The highest BCUT2D eigenvalue weighted by Gasteiger charge is 2.00. The molecule has 0 radical (unpaired) electrons. The van der Waals surface area contributed by atoms with Gasteiger partial charge < -0.3 is 0 Å². The van der Waals surface area contributed by atoms with Gasteiger partial charge in [-0.15, -0.1) is 0 Å². The second-order valence-corrected chi connectivity index (χ2v) is 4.08. The highest BCUT2D eigenvalue weighted by Crippen LogP contribution is 2.18. The number of nitrogens with zero attached hydrogens (tertiary/aromatic N) is 2. The SMILES string of the molecule is C=C(C)c1cnc2ccc(Br)cc2n1. The Hall–Kier alpha value is -1.22. The molecule has 0 saturated heterocycles. The van der Waals surface area contributed by atoms with Crippen LogP contribution in [0.15, 0.2) is 35.4 Å². The van der Waals surface area contributed by atoms with E-state index in [1.54, 1.807) is 6.20 Å². The van der Waals surface area contributed by atoms with Crippen molar-refractivity contribution < 1.29 is 0 Å². The van der Waals surface area contributed by atoms with Crippen LogP contribution in [0.5, 0.6) is 0 Å². The summed E-state index contributed by atoms with van der Waals surface area (Å²) in [7, 11) is 0. The van der Waals surface area contributed by atoms with E-state index in [-0.39, 0.29) is 0 Å². The van der Waals surface area contributed by atoms with Gasteiger partial charge in [0, 0.05) is 4.47 Å². The Balaban J connectivity index is 2.69. The van der Waals surface area contributed by atoms with Gasteiger partial charge in [-0.05, 0) is 30.7 Å². The number of aromatic nitrogens is 2. The maximum absolute atomic E-state index is 4.44. The van der Waals surface area contributed by atoms with Gasteiger partial charge in [-0.1, -0.05) is 22.5 Å². The third-order valence-electron chi connectivity index (χ3n) is 1.94. The number of rotatable bonds is 1. The van der Waals surface area contributed by atoms with Crippen LogP contribution in [0.1, 0.15) is 12.6 Å². The minimum atomic E-state index is 0.843. The standard InChI is InChI=1S/C11H9BrN2/c1-7(2)11-6-13-9-4-3-8(12)5-10(9)14-11/h3-6H,1H2,2H3. The number of halogens is 1. The van der Waals surface area contributed by atoms with E-state index < -0.39 is 0 Å². The van der Waals surface area contributed by atoms with Gasteiger partial charge in [0.05, 0.1) is 22.9 Å². The first kappa shape index (κ1) is 9.34. The molecule has 0 fully saturated rings. The summed E-state index contributed by atoms with van der Waals surface area (Å²) in [6.45, 7) is 5.76. The van der Waals surface area contributed by atoms with Crippen molar-refractivity contribution in [1.29, 1.82) is 0 Å². The summed E-state index contributed by atoms with van der Waals surface area (Å²) >= 11 is 3.40. The van der Waals surface area contributed by atoms with E-state index in [0.29, 0.717) is 0 Å². The molecule has 0 aliphatic rings. The first-order valence-electron chi connectivity index (χ1n) is 4.25. The van der Waals surface area contributed by atoms with E-state index >= 15 is 0 Å². The molecule has 1 aromatic heterocycles. The molecule has 0 aliphatic carbocycles. The van der Waals surface area contributed by atoms with E-state index in [1.165, 1.54) is 0 Å². The Morgan fingerprint density at radius 2 is 2.14 bits per heavy atom. The molecular weight excluding hydrogens is 240 g/mol. The molecule has 0 N–H and O–H groups in total. The molecule has 1 heterocycles. The molecule has 0 aliphatic heterocycles. The largest absolute Gasteiger partial charge is 0.252 e. The minimum absolute atomic E-state index is 0.843. The van der Waals surface area contributed by atoms with Gasteiger partial charge in [-0.3, -0.25) is 4.98 Å². The lowest BCUT2D eigenvalue weighted by Crippen LogP contribution is -1.89. The van der Waals surface area contributed by atoms with Gasteiger partial charge in [0.1, 0.15) is 0 Å². The fourth-order valence-electron chi connectivity index (χ4n) is 1.19. The molecule has 2 nitrogen and oxygen atoms in total. The quantitative estimate of drug-likeness (QED) is 0.773. The van der Waals surface area contributed by atoms with Crippen molar-refractivity contribution >= 4 is 32.5 Å². The Kier molecular flexibility index (Phi) is 2.33. The second-order valence-electron chi connectivity index (χ2n) is 3.17. The lowest BCUT2D eigenvalue weighted by Gasteiger charge is -2.01. The zero-order valence-electron chi connectivity index (χ0n) is 7.79. The summed E-state index contributed by atoms with van der Waals surface area (Å²) in [5.41, 5.74) is 3.56. The molecule has 0 bridgehead atoms. The minimum Gasteiger partial charge on any atom is -0.252 e. The molecule has 0 spiro atoms. The van der Waals surface area contributed by atoms with E-state index in [9.17, 15) is 0 Å². The zero-order valence-corrected chi connectivity index (χ0v) is 9.37. The molecule has 0 atom stereocenters. The fourth-order valence-corrected chi connectivity index (χ4v) is 1.54. The van der Waals surface area contributed by atoms with Crippen LogP contribution in [0.3, 0.4) is 0 Å². The molecular formula is C11H9BrN2. The van der Waals surface area contributed by atoms with Crippen molar-refractivity contribution in [2.24, 2.45) is 0 Å². The molecule has 3 heteroatoms. The third kappa shape index (κ3) is 1.68. The average Bonchev–Trinajstić information content (AvgIpc) is 2.16. The molecule has 0 unspecified atom stereocenters. The Morgan fingerprint density at radius 1 is 1.36 bits per heavy atom. The van der Waals surface area contributed by atoms with Crippen molar-refractivity contribution in [3.05, 3.63) is 41.1 Å². The molecule has 1 aromatic carbocycles. The van der Waals surface area contributed by atoms with Gasteiger partial charge in [0.2, 0.25) is 0 Å². The molecule has 70 valence electrons. The van der Waals surface area contributed by atoms with E-state index in [4.69, 9.17) is 0 Å². The van der Waals surface area contributed by atoms with Crippen molar-refractivity contribution in [3.8, 4) is 0 Å². The fraction of sp³-hybridized carbons (Fsp3) is 0.0909. The van der Waals surface area contributed by atoms with Crippen LogP contribution in [0.25, 0.3) is 16.6 Å². The Morgan fingerprint density at radius 3 is 2.86 bits per heavy atom. The molecule has 2 rings (SSSR count). The lowest BCUT2D eigenvalue weighted by atomic mass is 10.2. The monoisotopic (exact) mass is 248 g/mol. The normalized spacial score (nSPS) is 10.4. The summed E-state index contributed by atoms with van der Waals surface area (Å²) in [5, 5.41) is 0. The van der Waals surface area contributed by atoms with Crippen molar-refractivity contribution in [1.82, 2.24) is 9.97 Å². The van der Waals surface area contributed by atoms with Crippen LogP contribution in [0.4, 0.5) is 0 Å². The maximum atomic E-state index is 4.44. The summed E-state index contributed by atoms with van der Waals surface area (Å²) in [6.07, 6.45) is 1.75. The predicted octanol–water partition coefficient (Wildman–Crippen LogP) is 3.43. The maximum Gasteiger partial charge on any atom is 0.0905 e. The Labute approximate surface area is 90.8 Å². The highest BCUT2D eigenvalue weighted by molar-refractivity contribution is 9.10. The average molecular weight is 249 g/mol. The van der Waals surface area contributed by atoms with Gasteiger partial charge in [0.25, 0.3) is 0 Å². The van der Waals surface area contributed by atoms with Crippen molar-refractivity contribution in [3.63, 3.8) is 0 Å². The van der Waals surface area contributed by atoms with Gasteiger partial charge >= 0.3 is 0 Å². The number of benzene rings is 1. The van der Waals surface area contributed by atoms with Gasteiger partial charge in [0.15, 0.2) is 0 Å². The van der Waals surface area contributed by atoms with Gasteiger partial charge in [-0.2, -0.15) is 0 Å². The first-order chi connectivity index (χ1) is 6.66. The van der Waals surface area contributed by atoms with Crippen LogP contribution >= 0.6 is 15.9 Å². The summed E-state index contributed by atoms with van der Waals surface area (Å²) in [6, 6.07) is 5.85. The van der Waals surface area contributed by atoms with Crippen LogP contribution in [0, 0.1) is 0 Å². The van der Waals surface area contributed by atoms with Crippen molar-refractivity contribution in [2.45, 2.75) is 6.92 Å². The van der Waals surface area contributed by atoms with Crippen LogP contribution in [-0.4, -0.2) is 9.97 Å². The highest BCUT2D eigenvalue weighted by atomic mass is 79.9. The summed E-state index contributed by atoms with van der Waals surface area (Å²) in [5.74, 6) is 0. The molecule has 0 amide bonds. The van der Waals surface area contributed by atoms with E-state index in [2.05, 4.69) is 32.5 Å². The molecule has 2 aromatic rings. The van der Waals surface area contributed by atoms with E-state index in [1.807, 2.05) is 25.1 Å². The van der Waals surface area contributed by atoms with E-state index in [0.717, 1.165) is 26.8 Å². The number of fused-ring (bicyclic) bond motifs is 1. The first-order valence-corrected chi connectivity index (χ1v) is 5.04. The van der Waals surface area contributed by atoms with Crippen LogP contribution in [0.2, 0.25) is 0 Å². The number of hydrogen-bond donors (Lipinski definition) is 0. The number of allylic oxidation sites excluding steroid dienone is 1. The Bertz CT molecular complexity index is 506. The predicted molar refractivity (Wildman–Crippen MR) is 61.9 cm³/mol. The zero-order chi connectivity index (χ0) is 10.1. The van der Waals surface area contributed by atoms with Crippen LogP contribution < -0.4 is 0 Å². The number of hydrogen-bond acceptors (Lipinski definition) is 2. The smallest absolute Gasteiger partial charge is 0.0905 e. The third-order valence-corrected chi connectivity index (χ3v) is 2.43. The summed E-state index contributed by atoms with van der Waals surface area (Å²) in [4.78, 5) is 8.74. The molecule has 14 heavy (non-hydrogen) atoms. The van der Waals surface area contributed by atoms with Crippen molar-refractivity contribution in [2.75, 3.05) is 0 Å². The summed E-state index contributed by atoms with van der Waals surface area (Å²) < 4.78 is 1.01. The van der Waals surface area contributed by atoms with Crippen LogP contribution in [-0.2, 0) is 0 Å².